The molecule has 6 nitrogen and oxygen atoms in total. The van der Waals surface area contributed by atoms with Crippen LogP contribution in [0.15, 0.2) is 30.3 Å². The lowest BCUT2D eigenvalue weighted by atomic mass is 9.89. The van der Waals surface area contributed by atoms with E-state index in [9.17, 15) is 18.0 Å². The summed E-state index contributed by atoms with van der Waals surface area (Å²) in [5.74, 6) is -2.69. The summed E-state index contributed by atoms with van der Waals surface area (Å²) in [6, 6.07) is 9.89. The minimum Gasteiger partial charge on any atom is -0.475 e. The van der Waals surface area contributed by atoms with Gasteiger partial charge in [0.2, 0.25) is 0 Å². The van der Waals surface area contributed by atoms with Crippen molar-refractivity contribution < 1.29 is 32.6 Å². The molecule has 9 heteroatoms. The molecule has 144 valence electrons. The van der Waals surface area contributed by atoms with Crippen LogP contribution in [0.1, 0.15) is 19.8 Å². The maximum absolute atomic E-state index is 12.3. The number of para-hydroxylation sites is 1. The van der Waals surface area contributed by atoms with E-state index in [0.29, 0.717) is 6.54 Å². The minimum absolute atomic E-state index is 0.0651. The molecule has 2 aliphatic rings. The standard InChI is InChI=1S/C15H20N2O2.C2HF3O2/c1-12-14(18)17(13-5-3-2-4-6-13)11-15(19-12)7-9-16-10-8-15;3-2(4,5)1(6)7/h2-6,12,16H,7-11H2,1H3;(H,6,7). The third-order valence-electron chi connectivity index (χ3n) is 4.31. The molecule has 1 spiro atoms. The summed E-state index contributed by atoms with van der Waals surface area (Å²) in [6.45, 7) is 4.45. The van der Waals surface area contributed by atoms with Gasteiger partial charge in [-0.3, -0.25) is 4.79 Å². The Morgan fingerprint density at radius 3 is 2.31 bits per heavy atom. The number of aliphatic carboxylic acids is 1. The van der Waals surface area contributed by atoms with E-state index in [1.807, 2.05) is 42.2 Å². The van der Waals surface area contributed by atoms with Crippen LogP contribution >= 0.6 is 0 Å². The number of benzene rings is 1. The number of carbonyl (C=O) groups is 2. The SMILES string of the molecule is CC1OC2(CCNCC2)CN(c2ccccc2)C1=O.O=C(O)C(F)(F)F. The monoisotopic (exact) mass is 374 g/mol. The quantitative estimate of drug-likeness (QED) is 0.788. The highest BCUT2D eigenvalue weighted by atomic mass is 19.4. The average molecular weight is 374 g/mol. The van der Waals surface area contributed by atoms with Crippen molar-refractivity contribution in [3.05, 3.63) is 30.3 Å². The number of anilines is 1. The summed E-state index contributed by atoms with van der Waals surface area (Å²) >= 11 is 0. The molecular formula is C17H21F3N2O4. The number of hydrogen-bond acceptors (Lipinski definition) is 4. The van der Waals surface area contributed by atoms with Crippen molar-refractivity contribution in [1.82, 2.24) is 5.32 Å². The number of nitrogens with one attached hydrogen (secondary N) is 1. The molecule has 1 unspecified atom stereocenters. The normalized spacial score (nSPS) is 22.5. The van der Waals surface area contributed by atoms with Gasteiger partial charge >= 0.3 is 12.1 Å². The van der Waals surface area contributed by atoms with Gasteiger partial charge in [0.15, 0.2) is 0 Å². The number of morpholine rings is 1. The Hall–Kier alpha value is -2.13. The van der Waals surface area contributed by atoms with E-state index in [4.69, 9.17) is 14.6 Å². The van der Waals surface area contributed by atoms with Crippen LogP contribution in [0.3, 0.4) is 0 Å². The zero-order chi connectivity index (χ0) is 19.4. The van der Waals surface area contributed by atoms with Crippen LogP contribution in [-0.2, 0) is 14.3 Å². The Morgan fingerprint density at radius 1 is 1.27 bits per heavy atom. The molecule has 0 saturated carbocycles. The number of amides is 1. The number of hydrogen-bond donors (Lipinski definition) is 2. The predicted octanol–water partition coefficient (Wildman–Crippen LogP) is 2.19. The second-order valence-corrected chi connectivity index (χ2v) is 6.26. The Balaban J connectivity index is 0.000000298. The van der Waals surface area contributed by atoms with Gasteiger partial charge in [-0.25, -0.2) is 4.79 Å². The first-order valence-electron chi connectivity index (χ1n) is 8.20. The van der Waals surface area contributed by atoms with Crippen LogP contribution in [0.5, 0.6) is 0 Å². The Morgan fingerprint density at radius 2 is 1.81 bits per heavy atom. The number of carbonyl (C=O) groups excluding carboxylic acids is 1. The van der Waals surface area contributed by atoms with E-state index in [-0.39, 0.29) is 17.6 Å². The number of alkyl halides is 3. The molecule has 0 aromatic heterocycles. The molecule has 2 saturated heterocycles. The zero-order valence-electron chi connectivity index (χ0n) is 14.3. The van der Waals surface area contributed by atoms with Crippen LogP contribution in [0, 0.1) is 0 Å². The van der Waals surface area contributed by atoms with Crippen molar-refractivity contribution >= 4 is 17.6 Å². The van der Waals surface area contributed by atoms with E-state index < -0.39 is 12.1 Å². The molecule has 0 aliphatic carbocycles. The summed E-state index contributed by atoms with van der Waals surface area (Å²) in [6.07, 6.45) is -3.51. The minimum atomic E-state index is -5.08. The maximum Gasteiger partial charge on any atom is 0.490 e. The lowest BCUT2D eigenvalue weighted by Gasteiger charge is -2.47. The molecule has 1 aromatic carbocycles. The predicted molar refractivity (Wildman–Crippen MR) is 87.9 cm³/mol. The van der Waals surface area contributed by atoms with Gasteiger partial charge < -0.3 is 20.1 Å². The van der Waals surface area contributed by atoms with Crippen molar-refractivity contribution in [2.75, 3.05) is 24.5 Å². The van der Waals surface area contributed by atoms with Crippen molar-refractivity contribution in [2.45, 2.75) is 37.6 Å². The lowest BCUT2D eigenvalue weighted by molar-refractivity contribution is -0.192. The largest absolute Gasteiger partial charge is 0.490 e. The van der Waals surface area contributed by atoms with E-state index in [1.165, 1.54) is 0 Å². The van der Waals surface area contributed by atoms with E-state index in [0.717, 1.165) is 31.6 Å². The fourth-order valence-corrected chi connectivity index (χ4v) is 3.03. The van der Waals surface area contributed by atoms with Gasteiger partial charge in [-0.05, 0) is 45.0 Å². The van der Waals surface area contributed by atoms with Gasteiger partial charge in [-0.15, -0.1) is 0 Å². The first-order chi connectivity index (χ1) is 12.1. The molecule has 1 atom stereocenters. The first kappa shape index (κ1) is 20.2. The number of halogens is 3. The fourth-order valence-electron chi connectivity index (χ4n) is 3.03. The van der Waals surface area contributed by atoms with E-state index >= 15 is 0 Å². The number of nitrogens with zero attached hydrogens (tertiary/aromatic N) is 1. The van der Waals surface area contributed by atoms with E-state index in [2.05, 4.69) is 5.32 Å². The average Bonchev–Trinajstić information content (AvgIpc) is 2.59. The zero-order valence-corrected chi connectivity index (χ0v) is 14.3. The summed E-state index contributed by atoms with van der Waals surface area (Å²) in [7, 11) is 0. The van der Waals surface area contributed by atoms with Crippen LogP contribution in [0.2, 0.25) is 0 Å². The number of carboxylic acid groups (broad SMARTS) is 1. The molecule has 2 N–H and O–H groups in total. The second kappa shape index (κ2) is 8.05. The summed E-state index contributed by atoms with van der Waals surface area (Å²) < 4.78 is 37.8. The summed E-state index contributed by atoms with van der Waals surface area (Å²) in [5, 5.41) is 10.5. The highest BCUT2D eigenvalue weighted by Crippen LogP contribution is 2.33. The van der Waals surface area contributed by atoms with E-state index in [1.54, 1.807) is 0 Å². The van der Waals surface area contributed by atoms with Crippen LogP contribution in [0.4, 0.5) is 18.9 Å². The summed E-state index contributed by atoms with van der Waals surface area (Å²) in [4.78, 5) is 23.1. The second-order valence-electron chi connectivity index (χ2n) is 6.26. The highest BCUT2D eigenvalue weighted by Gasteiger charge is 2.44. The van der Waals surface area contributed by atoms with Crippen LogP contribution in [0.25, 0.3) is 0 Å². The van der Waals surface area contributed by atoms with Crippen molar-refractivity contribution in [3.63, 3.8) is 0 Å². The molecule has 2 heterocycles. The molecule has 0 bridgehead atoms. The third kappa shape index (κ3) is 4.95. The van der Waals surface area contributed by atoms with Gasteiger partial charge in [-0.1, -0.05) is 18.2 Å². The fraction of sp³-hybridized carbons (Fsp3) is 0.529. The molecule has 26 heavy (non-hydrogen) atoms. The number of carboxylic acids is 1. The van der Waals surface area contributed by atoms with Gasteiger partial charge in [0.1, 0.15) is 6.10 Å². The van der Waals surface area contributed by atoms with Gasteiger partial charge in [0.05, 0.1) is 12.1 Å². The lowest BCUT2D eigenvalue weighted by Crippen LogP contribution is -2.61. The van der Waals surface area contributed by atoms with Crippen molar-refractivity contribution in [2.24, 2.45) is 0 Å². The molecular weight excluding hydrogens is 353 g/mol. The molecule has 1 amide bonds. The smallest absolute Gasteiger partial charge is 0.475 e. The van der Waals surface area contributed by atoms with Crippen molar-refractivity contribution in [3.8, 4) is 0 Å². The van der Waals surface area contributed by atoms with Gasteiger partial charge in [0.25, 0.3) is 5.91 Å². The highest BCUT2D eigenvalue weighted by molar-refractivity contribution is 5.97. The molecule has 0 radical (unpaired) electrons. The number of piperidine rings is 1. The Kier molecular flexibility index (Phi) is 6.25. The molecule has 2 aliphatic heterocycles. The topological polar surface area (TPSA) is 78.9 Å². The Labute approximate surface area is 148 Å². The van der Waals surface area contributed by atoms with Crippen LogP contribution in [-0.4, -0.2) is 54.5 Å². The third-order valence-corrected chi connectivity index (χ3v) is 4.31. The number of ether oxygens (including phenoxy) is 1. The number of rotatable bonds is 1. The van der Waals surface area contributed by atoms with Gasteiger partial charge in [0, 0.05) is 5.69 Å². The molecule has 2 fully saturated rings. The molecule has 1 aromatic rings. The summed E-state index contributed by atoms with van der Waals surface area (Å²) in [5.41, 5.74) is 0.801. The van der Waals surface area contributed by atoms with Gasteiger partial charge in [-0.2, -0.15) is 13.2 Å². The Bertz CT molecular complexity index is 631. The van der Waals surface area contributed by atoms with Crippen LogP contribution < -0.4 is 10.2 Å². The molecule has 3 rings (SSSR count). The first-order valence-corrected chi connectivity index (χ1v) is 8.20. The maximum atomic E-state index is 12.3. The van der Waals surface area contributed by atoms with Crippen molar-refractivity contribution in [1.29, 1.82) is 0 Å².